The Morgan fingerprint density at radius 3 is 2.48 bits per heavy atom. The van der Waals surface area contributed by atoms with E-state index in [4.69, 9.17) is 4.42 Å². The van der Waals surface area contributed by atoms with Crippen molar-refractivity contribution in [3.05, 3.63) is 60.1 Å². The Hall–Kier alpha value is -2.11. The second-order valence-electron chi connectivity index (χ2n) is 7.53. The largest absolute Gasteiger partial charge is 0.468 e. The highest BCUT2D eigenvalue weighted by Crippen LogP contribution is 2.25. The van der Waals surface area contributed by atoms with Crippen LogP contribution in [0, 0.1) is 0 Å². The minimum Gasteiger partial charge on any atom is -0.468 e. The number of rotatable bonds is 8. The molecule has 0 saturated carbocycles. The molecule has 0 aliphatic carbocycles. The fourth-order valence-electron chi connectivity index (χ4n) is 3.85. The van der Waals surface area contributed by atoms with Gasteiger partial charge in [0.25, 0.3) is 0 Å². The SMILES string of the molecule is CN(C)C(CC(=O)NCC(c1ccco1)N1CCCCC1)c1ccccc1. The van der Waals surface area contributed by atoms with Crippen LogP contribution in [0.2, 0.25) is 0 Å². The number of amides is 1. The van der Waals surface area contributed by atoms with Gasteiger partial charge in [-0.1, -0.05) is 36.8 Å². The maximum atomic E-state index is 12.7. The summed E-state index contributed by atoms with van der Waals surface area (Å²) in [6, 6.07) is 14.3. The zero-order valence-corrected chi connectivity index (χ0v) is 16.4. The van der Waals surface area contributed by atoms with Crippen LogP contribution < -0.4 is 5.32 Å². The van der Waals surface area contributed by atoms with Crippen LogP contribution >= 0.6 is 0 Å². The van der Waals surface area contributed by atoms with Crippen LogP contribution in [-0.2, 0) is 4.79 Å². The molecule has 3 rings (SSSR count). The molecule has 2 atom stereocenters. The van der Waals surface area contributed by atoms with Crippen LogP contribution in [0.1, 0.15) is 49.1 Å². The van der Waals surface area contributed by atoms with Crippen LogP contribution in [0.3, 0.4) is 0 Å². The Balaban J connectivity index is 1.61. The fourth-order valence-corrected chi connectivity index (χ4v) is 3.85. The Labute approximate surface area is 162 Å². The van der Waals surface area contributed by atoms with E-state index in [0.717, 1.165) is 24.4 Å². The number of furan rings is 1. The summed E-state index contributed by atoms with van der Waals surface area (Å²) in [6.45, 7) is 2.71. The first-order chi connectivity index (χ1) is 13.1. The molecule has 0 spiro atoms. The molecule has 5 heteroatoms. The molecule has 1 fully saturated rings. The van der Waals surface area contributed by atoms with Crippen LogP contribution in [-0.4, -0.2) is 49.4 Å². The second kappa shape index (κ2) is 9.72. The van der Waals surface area contributed by atoms with E-state index >= 15 is 0 Å². The average Bonchev–Trinajstić information content (AvgIpc) is 3.22. The van der Waals surface area contributed by atoms with E-state index in [2.05, 4.69) is 27.2 Å². The Morgan fingerprint density at radius 2 is 1.85 bits per heavy atom. The predicted octanol–water partition coefficient (Wildman–Crippen LogP) is 3.62. The van der Waals surface area contributed by atoms with Crippen LogP contribution in [0.4, 0.5) is 0 Å². The third-order valence-corrected chi connectivity index (χ3v) is 5.38. The normalized spacial score (nSPS) is 17.6. The lowest BCUT2D eigenvalue weighted by Crippen LogP contribution is -2.41. The number of benzene rings is 1. The lowest BCUT2D eigenvalue weighted by molar-refractivity contribution is -0.122. The molecular formula is C22H31N3O2. The third kappa shape index (κ3) is 5.44. The van der Waals surface area contributed by atoms with E-state index in [1.54, 1.807) is 6.26 Å². The molecule has 1 aromatic carbocycles. The van der Waals surface area contributed by atoms with Crippen molar-refractivity contribution in [3.63, 3.8) is 0 Å². The number of likely N-dealkylation sites (tertiary alicyclic amines) is 1. The van der Waals surface area contributed by atoms with Crippen molar-refractivity contribution in [1.82, 2.24) is 15.1 Å². The maximum absolute atomic E-state index is 12.7. The molecule has 5 nitrogen and oxygen atoms in total. The minimum atomic E-state index is 0.0725. The second-order valence-corrected chi connectivity index (χ2v) is 7.53. The molecule has 0 bridgehead atoms. The van der Waals surface area contributed by atoms with Gasteiger partial charge >= 0.3 is 0 Å². The van der Waals surface area contributed by atoms with Crippen molar-refractivity contribution in [3.8, 4) is 0 Å². The van der Waals surface area contributed by atoms with E-state index in [9.17, 15) is 4.79 Å². The summed E-state index contributed by atoms with van der Waals surface area (Å²) in [5, 5.41) is 3.16. The van der Waals surface area contributed by atoms with E-state index in [1.807, 2.05) is 44.4 Å². The van der Waals surface area contributed by atoms with E-state index in [0.29, 0.717) is 13.0 Å². The summed E-state index contributed by atoms with van der Waals surface area (Å²) in [5.74, 6) is 1.01. The van der Waals surface area contributed by atoms with E-state index in [1.165, 1.54) is 19.3 Å². The van der Waals surface area contributed by atoms with Crippen molar-refractivity contribution in [2.45, 2.75) is 37.8 Å². The van der Waals surface area contributed by atoms with Crippen molar-refractivity contribution in [2.75, 3.05) is 33.7 Å². The summed E-state index contributed by atoms with van der Waals surface area (Å²) in [5.41, 5.74) is 1.16. The Kier molecular flexibility index (Phi) is 7.07. The van der Waals surface area contributed by atoms with Gasteiger partial charge in [-0.25, -0.2) is 0 Å². The number of nitrogens with one attached hydrogen (secondary N) is 1. The zero-order valence-electron chi connectivity index (χ0n) is 16.4. The number of piperidine rings is 1. The number of carbonyl (C=O) groups is 1. The Morgan fingerprint density at radius 1 is 1.11 bits per heavy atom. The number of hydrogen-bond acceptors (Lipinski definition) is 4. The predicted molar refractivity (Wildman–Crippen MR) is 107 cm³/mol. The average molecular weight is 370 g/mol. The topological polar surface area (TPSA) is 48.7 Å². The standard InChI is InChI=1S/C22H31N3O2/c1-24(2)19(18-10-5-3-6-11-18)16-22(26)23-17-20(21-12-9-15-27-21)25-13-7-4-8-14-25/h3,5-6,9-12,15,19-20H,4,7-8,13-14,16-17H2,1-2H3,(H,23,26). The minimum absolute atomic E-state index is 0.0725. The van der Waals surface area contributed by atoms with Gasteiger partial charge in [0.05, 0.1) is 12.3 Å². The van der Waals surface area contributed by atoms with Gasteiger partial charge < -0.3 is 14.6 Å². The molecule has 1 N–H and O–H groups in total. The van der Waals surface area contributed by atoms with Gasteiger partial charge in [0.15, 0.2) is 0 Å². The van der Waals surface area contributed by atoms with Crippen molar-refractivity contribution >= 4 is 5.91 Å². The lowest BCUT2D eigenvalue weighted by atomic mass is 10.0. The third-order valence-electron chi connectivity index (χ3n) is 5.38. The van der Waals surface area contributed by atoms with Crippen LogP contribution in [0.5, 0.6) is 0 Å². The van der Waals surface area contributed by atoms with Gasteiger partial charge in [-0.3, -0.25) is 9.69 Å². The molecule has 0 radical (unpaired) electrons. The van der Waals surface area contributed by atoms with Gasteiger partial charge in [0.2, 0.25) is 5.91 Å². The molecule has 1 saturated heterocycles. The first-order valence-corrected chi connectivity index (χ1v) is 9.90. The van der Waals surface area contributed by atoms with Crippen molar-refractivity contribution < 1.29 is 9.21 Å². The molecular weight excluding hydrogens is 338 g/mol. The summed E-state index contributed by atoms with van der Waals surface area (Å²) in [4.78, 5) is 17.2. The van der Waals surface area contributed by atoms with Gasteiger partial charge in [-0.05, 0) is 57.7 Å². The molecule has 1 aromatic heterocycles. The zero-order chi connectivity index (χ0) is 19.1. The van der Waals surface area contributed by atoms with E-state index in [-0.39, 0.29) is 18.0 Å². The maximum Gasteiger partial charge on any atom is 0.221 e. The summed E-state index contributed by atoms with van der Waals surface area (Å²) in [7, 11) is 4.04. The first kappa shape index (κ1) is 19.6. The molecule has 27 heavy (non-hydrogen) atoms. The number of hydrogen-bond donors (Lipinski definition) is 1. The molecule has 2 heterocycles. The van der Waals surface area contributed by atoms with Gasteiger partial charge in [0, 0.05) is 19.0 Å². The summed E-state index contributed by atoms with van der Waals surface area (Å²) in [6.07, 6.45) is 5.87. The Bertz CT molecular complexity index is 679. The highest BCUT2D eigenvalue weighted by molar-refractivity contribution is 5.76. The van der Waals surface area contributed by atoms with Gasteiger partial charge in [-0.15, -0.1) is 0 Å². The summed E-state index contributed by atoms with van der Waals surface area (Å²) < 4.78 is 5.67. The molecule has 1 amide bonds. The lowest BCUT2D eigenvalue weighted by Gasteiger charge is -2.33. The van der Waals surface area contributed by atoms with Crippen LogP contribution in [0.25, 0.3) is 0 Å². The van der Waals surface area contributed by atoms with Crippen molar-refractivity contribution in [2.24, 2.45) is 0 Å². The highest BCUT2D eigenvalue weighted by atomic mass is 16.3. The smallest absolute Gasteiger partial charge is 0.221 e. The fraction of sp³-hybridized carbons (Fsp3) is 0.500. The molecule has 146 valence electrons. The first-order valence-electron chi connectivity index (χ1n) is 9.90. The van der Waals surface area contributed by atoms with Crippen LogP contribution in [0.15, 0.2) is 53.1 Å². The number of carbonyl (C=O) groups excluding carboxylic acids is 1. The highest BCUT2D eigenvalue weighted by Gasteiger charge is 2.25. The molecule has 1 aliphatic heterocycles. The summed E-state index contributed by atoms with van der Waals surface area (Å²) >= 11 is 0. The molecule has 2 unspecified atom stereocenters. The number of nitrogens with zero attached hydrogens (tertiary/aromatic N) is 2. The van der Waals surface area contributed by atoms with Crippen molar-refractivity contribution in [1.29, 1.82) is 0 Å². The molecule has 1 aliphatic rings. The van der Waals surface area contributed by atoms with E-state index < -0.39 is 0 Å². The monoisotopic (exact) mass is 369 g/mol. The quantitative estimate of drug-likeness (QED) is 0.772. The molecule has 2 aromatic rings. The van der Waals surface area contributed by atoms with Gasteiger partial charge in [0.1, 0.15) is 5.76 Å². The van der Waals surface area contributed by atoms with Gasteiger partial charge in [-0.2, -0.15) is 0 Å².